The average molecular weight is 405 g/mol. The third-order valence-electron chi connectivity index (χ3n) is 4.98. The Hall–Kier alpha value is -2.82. The normalized spacial score (nSPS) is 11.1. The molecule has 0 unspecified atom stereocenters. The van der Waals surface area contributed by atoms with Gasteiger partial charge in [0.1, 0.15) is 6.61 Å². The van der Waals surface area contributed by atoms with Crippen LogP contribution < -0.4 is 9.47 Å². The quantitative estimate of drug-likeness (QED) is 0.457. The van der Waals surface area contributed by atoms with Crippen LogP contribution in [0.2, 0.25) is 0 Å². The SMILES string of the molecule is COc1cc(CN(CCN(C)C)Cc2ccccc2)ccc1OCc1ccccc1. The number of hydrogen-bond acceptors (Lipinski definition) is 4. The van der Waals surface area contributed by atoms with Crippen LogP contribution in [0, 0.1) is 0 Å². The zero-order valence-corrected chi connectivity index (χ0v) is 18.3. The van der Waals surface area contributed by atoms with Gasteiger partial charge < -0.3 is 14.4 Å². The van der Waals surface area contributed by atoms with Crippen LogP contribution >= 0.6 is 0 Å². The van der Waals surface area contributed by atoms with Gasteiger partial charge in [0.2, 0.25) is 0 Å². The number of likely N-dealkylation sites (N-methyl/N-ethyl adjacent to an activating group) is 1. The Morgan fingerprint density at radius 1 is 0.667 bits per heavy atom. The van der Waals surface area contributed by atoms with Gasteiger partial charge in [0, 0.05) is 26.2 Å². The maximum atomic E-state index is 6.00. The van der Waals surface area contributed by atoms with Crippen LogP contribution in [0.15, 0.2) is 78.9 Å². The highest BCUT2D eigenvalue weighted by Crippen LogP contribution is 2.29. The summed E-state index contributed by atoms with van der Waals surface area (Å²) < 4.78 is 11.6. The Balaban J connectivity index is 1.68. The molecule has 0 aliphatic rings. The third kappa shape index (κ3) is 6.90. The van der Waals surface area contributed by atoms with E-state index in [4.69, 9.17) is 9.47 Å². The molecule has 0 aliphatic carbocycles. The van der Waals surface area contributed by atoms with E-state index < -0.39 is 0 Å². The molecule has 0 N–H and O–H groups in total. The summed E-state index contributed by atoms with van der Waals surface area (Å²) in [4.78, 5) is 4.69. The number of methoxy groups -OCH3 is 1. The highest BCUT2D eigenvalue weighted by molar-refractivity contribution is 5.43. The van der Waals surface area contributed by atoms with Crippen molar-refractivity contribution in [1.82, 2.24) is 9.80 Å². The number of rotatable bonds is 11. The molecule has 3 rings (SSSR count). The van der Waals surface area contributed by atoms with E-state index in [1.54, 1.807) is 7.11 Å². The van der Waals surface area contributed by atoms with E-state index in [1.165, 1.54) is 11.1 Å². The van der Waals surface area contributed by atoms with Gasteiger partial charge in [-0.05, 0) is 42.9 Å². The largest absolute Gasteiger partial charge is 0.493 e. The molecule has 0 aliphatic heterocycles. The zero-order chi connectivity index (χ0) is 21.2. The molecule has 0 heterocycles. The minimum absolute atomic E-state index is 0.527. The Morgan fingerprint density at radius 2 is 1.30 bits per heavy atom. The van der Waals surface area contributed by atoms with Gasteiger partial charge in [-0.3, -0.25) is 4.90 Å². The van der Waals surface area contributed by atoms with Crippen LogP contribution in [-0.4, -0.2) is 44.1 Å². The molecule has 3 aromatic carbocycles. The molecular formula is C26H32N2O2. The first-order valence-electron chi connectivity index (χ1n) is 10.4. The molecule has 4 nitrogen and oxygen atoms in total. The van der Waals surface area contributed by atoms with Gasteiger partial charge in [-0.1, -0.05) is 66.7 Å². The highest BCUT2D eigenvalue weighted by atomic mass is 16.5. The van der Waals surface area contributed by atoms with Crippen molar-refractivity contribution in [3.05, 3.63) is 95.6 Å². The van der Waals surface area contributed by atoms with Gasteiger partial charge in [-0.25, -0.2) is 0 Å². The summed E-state index contributed by atoms with van der Waals surface area (Å²) in [5.74, 6) is 1.55. The van der Waals surface area contributed by atoms with E-state index in [-0.39, 0.29) is 0 Å². The lowest BCUT2D eigenvalue weighted by molar-refractivity contribution is 0.225. The van der Waals surface area contributed by atoms with E-state index in [2.05, 4.69) is 78.5 Å². The second-order valence-corrected chi connectivity index (χ2v) is 7.76. The van der Waals surface area contributed by atoms with Crippen molar-refractivity contribution in [1.29, 1.82) is 0 Å². The predicted octanol–water partition coefficient (Wildman–Crippen LogP) is 4.84. The molecule has 0 fully saturated rings. The number of nitrogens with zero attached hydrogens (tertiary/aromatic N) is 2. The highest BCUT2D eigenvalue weighted by Gasteiger charge is 2.11. The van der Waals surface area contributed by atoms with Gasteiger partial charge in [-0.15, -0.1) is 0 Å². The second-order valence-electron chi connectivity index (χ2n) is 7.76. The Morgan fingerprint density at radius 3 is 1.93 bits per heavy atom. The maximum absolute atomic E-state index is 6.00. The third-order valence-corrected chi connectivity index (χ3v) is 4.98. The van der Waals surface area contributed by atoms with Crippen molar-refractivity contribution < 1.29 is 9.47 Å². The molecule has 0 spiro atoms. The zero-order valence-electron chi connectivity index (χ0n) is 18.3. The fourth-order valence-corrected chi connectivity index (χ4v) is 3.32. The molecule has 0 radical (unpaired) electrons. The van der Waals surface area contributed by atoms with E-state index in [0.29, 0.717) is 6.61 Å². The first-order chi connectivity index (χ1) is 14.6. The minimum Gasteiger partial charge on any atom is -0.493 e. The summed E-state index contributed by atoms with van der Waals surface area (Å²) in [6.45, 7) is 4.32. The molecule has 0 atom stereocenters. The number of hydrogen-bond donors (Lipinski definition) is 0. The standard InChI is InChI=1S/C26H32N2O2/c1-27(2)16-17-28(19-22-10-6-4-7-11-22)20-24-14-15-25(26(18-24)29-3)30-21-23-12-8-5-9-13-23/h4-15,18H,16-17,19-21H2,1-3H3. The van der Waals surface area contributed by atoms with Crippen molar-refractivity contribution in [3.63, 3.8) is 0 Å². The first kappa shape index (κ1) is 21.9. The molecular weight excluding hydrogens is 372 g/mol. The Bertz CT molecular complexity index is 882. The lowest BCUT2D eigenvalue weighted by Gasteiger charge is -2.25. The summed E-state index contributed by atoms with van der Waals surface area (Å²) in [6.07, 6.45) is 0. The fourth-order valence-electron chi connectivity index (χ4n) is 3.32. The molecule has 0 bridgehead atoms. The van der Waals surface area contributed by atoms with Gasteiger partial charge in [-0.2, -0.15) is 0 Å². The summed E-state index contributed by atoms with van der Waals surface area (Å²) in [5, 5.41) is 0. The van der Waals surface area contributed by atoms with E-state index >= 15 is 0 Å². The van der Waals surface area contributed by atoms with Crippen molar-refractivity contribution in [2.24, 2.45) is 0 Å². The Kier molecular flexibility index (Phi) is 8.30. The van der Waals surface area contributed by atoms with Crippen molar-refractivity contribution in [3.8, 4) is 11.5 Å². The monoisotopic (exact) mass is 404 g/mol. The van der Waals surface area contributed by atoms with Gasteiger partial charge >= 0.3 is 0 Å². The second kappa shape index (κ2) is 11.4. The molecule has 158 valence electrons. The molecule has 30 heavy (non-hydrogen) atoms. The number of ether oxygens (including phenoxy) is 2. The first-order valence-corrected chi connectivity index (χ1v) is 10.4. The summed E-state index contributed by atoms with van der Waals surface area (Å²) >= 11 is 0. The average Bonchev–Trinajstić information content (AvgIpc) is 2.78. The lowest BCUT2D eigenvalue weighted by Crippen LogP contribution is -2.31. The van der Waals surface area contributed by atoms with Crippen LogP contribution in [0.25, 0.3) is 0 Å². The smallest absolute Gasteiger partial charge is 0.161 e. The van der Waals surface area contributed by atoms with E-state index in [9.17, 15) is 0 Å². The molecule has 0 amide bonds. The van der Waals surface area contributed by atoms with Crippen molar-refractivity contribution in [2.45, 2.75) is 19.7 Å². The lowest BCUT2D eigenvalue weighted by atomic mass is 10.1. The topological polar surface area (TPSA) is 24.9 Å². The predicted molar refractivity (Wildman–Crippen MR) is 123 cm³/mol. The van der Waals surface area contributed by atoms with Gasteiger partial charge in [0.25, 0.3) is 0 Å². The minimum atomic E-state index is 0.527. The van der Waals surface area contributed by atoms with Gasteiger partial charge in [0.15, 0.2) is 11.5 Å². The fraction of sp³-hybridized carbons (Fsp3) is 0.308. The van der Waals surface area contributed by atoms with Crippen LogP contribution in [0.4, 0.5) is 0 Å². The molecule has 0 saturated heterocycles. The molecule has 0 aromatic heterocycles. The van der Waals surface area contributed by atoms with E-state index in [0.717, 1.165) is 43.2 Å². The molecule has 4 heteroatoms. The van der Waals surface area contributed by atoms with Crippen LogP contribution in [0.1, 0.15) is 16.7 Å². The summed E-state index contributed by atoms with van der Waals surface area (Å²) in [6, 6.07) is 27.1. The van der Waals surface area contributed by atoms with Crippen LogP contribution in [0.3, 0.4) is 0 Å². The van der Waals surface area contributed by atoms with Crippen molar-refractivity contribution in [2.75, 3.05) is 34.3 Å². The summed E-state index contributed by atoms with van der Waals surface area (Å²) in [5.41, 5.74) is 3.68. The molecule has 3 aromatic rings. The maximum Gasteiger partial charge on any atom is 0.161 e. The number of benzene rings is 3. The summed E-state index contributed by atoms with van der Waals surface area (Å²) in [7, 11) is 5.92. The van der Waals surface area contributed by atoms with Crippen LogP contribution in [-0.2, 0) is 19.7 Å². The van der Waals surface area contributed by atoms with Gasteiger partial charge in [0.05, 0.1) is 7.11 Å². The van der Waals surface area contributed by atoms with Crippen molar-refractivity contribution >= 4 is 0 Å². The van der Waals surface area contributed by atoms with Crippen LogP contribution in [0.5, 0.6) is 11.5 Å². The molecule has 0 saturated carbocycles. The van der Waals surface area contributed by atoms with E-state index in [1.807, 2.05) is 24.3 Å². The Labute approximate surface area is 180 Å².